The van der Waals surface area contributed by atoms with Gasteiger partial charge in [-0.25, -0.2) is 9.97 Å². The number of nitrogens with one attached hydrogen (secondary N) is 1. The lowest BCUT2D eigenvalue weighted by molar-refractivity contribution is 0.0328. The van der Waals surface area contributed by atoms with Crippen LogP contribution in [0.15, 0.2) is 6.07 Å². The van der Waals surface area contributed by atoms with Gasteiger partial charge in [0, 0.05) is 25.1 Å². The molecule has 0 aliphatic heterocycles. The predicted molar refractivity (Wildman–Crippen MR) is 68.6 cm³/mol. The zero-order valence-electron chi connectivity index (χ0n) is 10.4. The minimum atomic E-state index is 0.280. The molecule has 0 saturated heterocycles. The fourth-order valence-electron chi connectivity index (χ4n) is 1.85. The maximum atomic E-state index is 5.98. The van der Waals surface area contributed by atoms with E-state index < -0.39 is 0 Å². The van der Waals surface area contributed by atoms with Crippen LogP contribution in [-0.2, 0) is 4.74 Å². The van der Waals surface area contributed by atoms with Crippen LogP contribution in [0.2, 0.25) is 5.15 Å². The summed E-state index contributed by atoms with van der Waals surface area (Å²) < 4.78 is 5.24. The van der Waals surface area contributed by atoms with Crippen molar-refractivity contribution in [2.45, 2.75) is 44.8 Å². The number of hydrogen-bond acceptors (Lipinski definition) is 4. The molecule has 1 saturated carbocycles. The van der Waals surface area contributed by atoms with Gasteiger partial charge >= 0.3 is 0 Å². The summed E-state index contributed by atoms with van der Waals surface area (Å²) in [4.78, 5) is 8.66. The Balaban J connectivity index is 2.01. The SMILES string of the molecule is COC1CC(Nc2cc(Cl)nc(C(C)C)n2)C1. The molecular formula is C12H18ClN3O. The summed E-state index contributed by atoms with van der Waals surface area (Å²) in [5.41, 5.74) is 0. The molecule has 0 aromatic carbocycles. The summed E-state index contributed by atoms with van der Waals surface area (Å²) in [6.45, 7) is 4.11. The molecular weight excluding hydrogens is 238 g/mol. The first-order valence-electron chi connectivity index (χ1n) is 5.92. The zero-order valence-corrected chi connectivity index (χ0v) is 11.2. The van der Waals surface area contributed by atoms with Gasteiger partial charge in [-0.15, -0.1) is 0 Å². The van der Waals surface area contributed by atoms with E-state index in [2.05, 4.69) is 29.1 Å². The number of halogens is 1. The van der Waals surface area contributed by atoms with E-state index in [-0.39, 0.29) is 5.92 Å². The number of anilines is 1. The van der Waals surface area contributed by atoms with E-state index in [1.54, 1.807) is 13.2 Å². The molecule has 17 heavy (non-hydrogen) atoms. The van der Waals surface area contributed by atoms with Gasteiger partial charge in [0.05, 0.1) is 6.10 Å². The molecule has 1 aromatic rings. The normalized spacial score (nSPS) is 23.6. The Labute approximate surface area is 107 Å². The second kappa shape index (κ2) is 5.19. The monoisotopic (exact) mass is 255 g/mol. The Morgan fingerprint density at radius 2 is 2.12 bits per heavy atom. The minimum absolute atomic E-state index is 0.280. The molecule has 1 aromatic heterocycles. The van der Waals surface area contributed by atoms with Crippen LogP contribution in [0.3, 0.4) is 0 Å². The molecule has 0 spiro atoms. The lowest BCUT2D eigenvalue weighted by atomic mass is 9.89. The second-order valence-corrected chi connectivity index (χ2v) is 5.15. The molecule has 1 fully saturated rings. The number of aromatic nitrogens is 2. The molecule has 0 unspecified atom stereocenters. The molecule has 1 aliphatic rings. The number of rotatable bonds is 4. The number of methoxy groups -OCH3 is 1. The van der Waals surface area contributed by atoms with Crippen LogP contribution < -0.4 is 5.32 Å². The van der Waals surface area contributed by atoms with Gasteiger partial charge in [0.15, 0.2) is 0 Å². The van der Waals surface area contributed by atoms with Gasteiger partial charge in [0.25, 0.3) is 0 Å². The van der Waals surface area contributed by atoms with Crippen LogP contribution in [0.25, 0.3) is 0 Å². The average molecular weight is 256 g/mol. The summed E-state index contributed by atoms with van der Waals surface area (Å²) >= 11 is 5.98. The first-order valence-corrected chi connectivity index (χ1v) is 6.30. The van der Waals surface area contributed by atoms with E-state index >= 15 is 0 Å². The van der Waals surface area contributed by atoms with Crippen molar-refractivity contribution in [2.75, 3.05) is 12.4 Å². The maximum absolute atomic E-state index is 5.98. The van der Waals surface area contributed by atoms with Gasteiger partial charge in [-0.3, -0.25) is 0 Å². The third-order valence-corrected chi connectivity index (χ3v) is 3.20. The summed E-state index contributed by atoms with van der Waals surface area (Å²) in [5.74, 6) is 1.87. The minimum Gasteiger partial charge on any atom is -0.381 e. The highest BCUT2D eigenvalue weighted by atomic mass is 35.5. The van der Waals surface area contributed by atoms with Gasteiger partial charge in [-0.1, -0.05) is 25.4 Å². The Morgan fingerprint density at radius 3 is 2.71 bits per heavy atom. The highest BCUT2D eigenvalue weighted by molar-refractivity contribution is 6.29. The van der Waals surface area contributed by atoms with E-state index in [1.807, 2.05) is 0 Å². The van der Waals surface area contributed by atoms with Gasteiger partial charge in [-0.2, -0.15) is 0 Å². The summed E-state index contributed by atoms with van der Waals surface area (Å²) in [5, 5.41) is 3.86. The number of nitrogens with zero attached hydrogens (tertiary/aromatic N) is 2. The molecule has 1 aliphatic carbocycles. The molecule has 1 heterocycles. The second-order valence-electron chi connectivity index (χ2n) is 4.76. The van der Waals surface area contributed by atoms with E-state index in [0.717, 1.165) is 24.5 Å². The largest absolute Gasteiger partial charge is 0.381 e. The van der Waals surface area contributed by atoms with Crippen LogP contribution in [0.5, 0.6) is 0 Å². The smallest absolute Gasteiger partial charge is 0.135 e. The van der Waals surface area contributed by atoms with Gasteiger partial charge in [0.2, 0.25) is 0 Å². The third-order valence-electron chi connectivity index (χ3n) is 3.01. The molecule has 1 N–H and O–H groups in total. The van der Waals surface area contributed by atoms with E-state index in [1.165, 1.54) is 0 Å². The Bertz CT molecular complexity index is 391. The van der Waals surface area contributed by atoms with Crippen LogP contribution in [0.1, 0.15) is 38.4 Å². The van der Waals surface area contributed by atoms with Crippen LogP contribution in [0.4, 0.5) is 5.82 Å². The van der Waals surface area contributed by atoms with Crippen molar-refractivity contribution in [3.63, 3.8) is 0 Å². The van der Waals surface area contributed by atoms with Crippen LogP contribution in [-0.4, -0.2) is 29.2 Å². The van der Waals surface area contributed by atoms with Crippen molar-refractivity contribution in [3.05, 3.63) is 17.0 Å². The first-order chi connectivity index (χ1) is 8.08. The summed E-state index contributed by atoms with van der Waals surface area (Å²) in [7, 11) is 1.75. The standard InChI is InChI=1S/C12H18ClN3O/c1-7(2)12-15-10(13)6-11(16-12)14-8-4-9(5-8)17-3/h6-9H,4-5H2,1-3H3,(H,14,15,16). The van der Waals surface area contributed by atoms with Crippen molar-refractivity contribution in [1.82, 2.24) is 9.97 Å². The van der Waals surface area contributed by atoms with E-state index in [9.17, 15) is 0 Å². The Kier molecular flexibility index (Phi) is 3.84. The molecule has 4 nitrogen and oxygen atoms in total. The van der Waals surface area contributed by atoms with Crippen LogP contribution in [0, 0.1) is 0 Å². The molecule has 0 bridgehead atoms. The topological polar surface area (TPSA) is 47.0 Å². The molecule has 0 atom stereocenters. The van der Waals surface area contributed by atoms with Gasteiger partial charge in [-0.05, 0) is 12.8 Å². The highest BCUT2D eigenvalue weighted by Crippen LogP contribution is 2.26. The van der Waals surface area contributed by atoms with Crippen molar-refractivity contribution < 1.29 is 4.74 Å². The van der Waals surface area contributed by atoms with E-state index in [4.69, 9.17) is 16.3 Å². The third kappa shape index (κ3) is 3.07. The quantitative estimate of drug-likeness (QED) is 0.841. The van der Waals surface area contributed by atoms with Gasteiger partial charge in [0.1, 0.15) is 16.8 Å². The molecule has 2 rings (SSSR count). The fourth-order valence-corrected chi connectivity index (χ4v) is 2.04. The lowest BCUT2D eigenvalue weighted by Crippen LogP contribution is -2.40. The lowest BCUT2D eigenvalue weighted by Gasteiger charge is -2.35. The Morgan fingerprint density at radius 1 is 1.41 bits per heavy atom. The summed E-state index contributed by atoms with van der Waals surface area (Å²) in [6, 6.07) is 2.21. The molecule has 5 heteroatoms. The van der Waals surface area contributed by atoms with Gasteiger partial charge < -0.3 is 10.1 Å². The zero-order chi connectivity index (χ0) is 12.4. The maximum Gasteiger partial charge on any atom is 0.135 e. The molecule has 0 radical (unpaired) electrons. The fraction of sp³-hybridized carbons (Fsp3) is 0.667. The summed E-state index contributed by atoms with van der Waals surface area (Å²) in [6.07, 6.45) is 2.43. The number of hydrogen-bond donors (Lipinski definition) is 1. The van der Waals surface area contributed by atoms with Crippen molar-refractivity contribution >= 4 is 17.4 Å². The molecule has 94 valence electrons. The van der Waals surface area contributed by atoms with Crippen molar-refractivity contribution in [1.29, 1.82) is 0 Å². The highest BCUT2D eigenvalue weighted by Gasteiger charge is 2.29. The van der Waals surface area contributed by atoms with Crippen molar-refractivity contribution in [3.8, 4) is 0 Å². The Hall–Kier alpha value is -0.870. The molecule has 0 amide bonds. The first kappa shape index (κ1) is 12.6. The predicted octanol–water partition coefficient (Wildman–Crippen LogP) is 2.84. The van der Waals surface area contributed by atoms with E-state index in [0.29, 0.717) is 17.3 Å². The van der Waals surface area contributed by atoms with Crippen molar-refractivity contribution in [2.24, 2.45) is 0 Å². The number of ether oxygens (including phenoxy) is 1. The van der Waals surface area contributed by atoms with Crippen LogP contribution >= 0.6 is 11.6 Å². The average Bonchev–Trinajstić information content (AvgIpc) is 2.21.